The lowest BCUT2D eigenvalue weighted by molar-refractivity contribution is -0.144. The first-order valence-corrected chi connectivity index (χ1v) is 18.5. The zero-order valence-electron chi connectivity index (χ0n) is 30.6. The molecule has 0 aromatic rings. The highest BCUT2D eigenvalue weighted by molar-refractivity contribution is 5.87. The Kier molecular flexibility index (Phi) is 30.3. The number of rotatable bonds is 37. The number of carbonyl (C=O) groups excluding carboxylic acids is 4. The van der Waals surface area contributed by atoms with Crippen LogP contribution in [0.4, 0.5) is 0 Å². The average molecular weight is 730 g/mol. The van der Waals surface area contributed by atoms with E-state index in [1.807, 2.05) is 0 Å². The van der Waals surface area contributed by atoms with Crippen LogP contribution in [0.3, 0.4) is 0 Å². The van der Waals surface area contributed by atoms with Crippen LogP contribution in [-0.2, 0) is 43.0 Å². The van der Waals surface area contributed by atoms with Gasteiger partial charge in [0, 0.05) is 84.5 Å². The topological polar surface area (TPSA) is 235 Å². The predicted molar refractivity (Wildman–Crippen MR) is 189 cm³/mol. The molecule has 0 bridgehead atoms. The summed E-state index contributed by atoms with van der Waals surface area (Å²) in [5, 5.41) is 35.2. The minimum Gasteiger partial charge on any atom is -0.481 e. The summed E-state index contributed by atoms with van der Waals surface area (Å²) in [5.41, 5.74) is 0. The Morgan fingerprint density at radius 2 is 1.04 bits per heavy atom. The molecule has 0 saturated carbocycles. The number of nitrogens with one attached hydrogen (secondary N) is 3. The summed E-state index contributed by atoms with van der Waals surface area (Å²) in [5.74, 6) is -4.63. The number of likely N-dealkylation sites (N-methyl/N-ethyl adjacent to an activating group) is 1. The number of Topliss-reactive ketones (excluding diaryl/α,β-unsaturated/α-hetero) is 2. The quantitative estimate of drug-likeness (QED) is 0.0502. The van der Waals surface area contributed by atoms with Gasteiger partial charge < -0.3 is 40.7 Å². The Labute approximate surface area is 302 Å². The molecular weight excluding hydrogens is 666 g/mol. The summed E-state index contributed by atoms with van der Waals surface area (Å²) in [4.78, 5) is 81.4. The van der Waals surface area contributed by atoms with E-state index in [1.54, 1.807) is 7.05 Å². The Morgan fingerprint density at radius 1 is 0.510 bits per heavy atom. The van der Waals surface area contributed by atoms with Crippen LogP contribution in [0.15, 0.2) is 0 Å². The fourth-order valence-corrected chi connectivity index (χ4v) is 5.13. The maximum absolute atomic E-state index is 12.3. The van der Waals surface area contributed by atoms with Crippen molar-refractivity contribution in [3.8, 4) is 0 Å². The van der Waals surface area contributed by atoms with Crippen molar-refractivity contribution in [3.63, 3.8) is 0 Å². The van der Waals surface area contributed by atoms with Crippen LogP contribution < -0.4 is 16.0 Å². The lowest BCUT2D eigenvalue weighted by Crippen LogP contribution is -2.34. The molecule has 0 aromatic heterocycles. The highest BCUT2D eigenvalue weighted by Crippen LogP contribution is 2.15. The number of unbranched alkanes of at least 4 members (excludes halogenated alkanes) is 6. The van der Waals surface area contributed by atoms with E-state index in [0.29, 0.717) is 84.5 Å². The number of amides is 2. The van der Waals surface area contributed by atoms with E-state index in [0.717, 1.165) is 44.9 Å². The molecule has 0 aliphatic carbocycles. The highest BCUT2D eigenvalue weighted by atomic mass is 16.5. The zero-order chi connectivity index (χ0) is 38.1. The van der Waals surface area contributed by atoms with Crippen molar-refractivity contribution in [1.82, 2.24) is 16.0 Å². The van der Waals surface area contributed by atoms with Gasteiger partial charge in [-0.05, 0) is 77.7 Å². The Morgan fingerprint density at radius 3 is 1.61 bits per heavy atom. The number of ketones is 2. The van der Waals surface area contributed by atoms with Crippen molar-refractivity contribution in [2.45, 2.75) is 134 Å². The second kappa shape index (κ2) is 32.5. The van der Waals surface area contributed by atoms with Gasteiger partial charge in [-0.15, -0.1) is 0 Å². The Bertz CT molecular complexity index is 1020. The van der Waals surface area contributed by atoms with E-state index in [-0.39, 0.29) is 61.9 Å². The van der Waals surface area contributed by atoms with Crippen LogP contribution in [0.25, 0.3) is 0 Å². The van der Waals surface area contributed by atoms with Crippen LogP contribution in [0.2, 0.25) is 0 Å². The molecule has 2 atom stereocenters. The molecule has 0 rings (SSSR count). The van der Waals surface area contributed by atoms with Gasteiger partial charge in [-0.25, -0.2) is 0 Å². The number of carboxylic acid groups (broad SMARTS) is 3. The molecule has 0 spiro atoms. The lowest BCUT2D eigenvalue weighted by Gasteiger charge is -2.12. The number of hydrogen-bond donors (Lipinski definition) is 6. The fourth-order valence-electron chi connectivity index (χ4n) is 5.13. The van der Waals surface area contributed by atoms with E-state index in [1.165, 1.54) is 0 Å². The summed E-state index contributed by atoms with van der Waals surface area (Å²) in [6, 6.07) is -0.643. The third-order valence-electron chi connectivity index (χ3n) is 8.27. The predicted octanol–water partition coefficient (Wildman–Crippen LogP) is 3.65. The summed E-state index contributed by atoms with van der Waals surface area (Å²) >= 11 is 0. The van der Waals surface area contributed by atoms with Gasteiger partial charge in [0.15, 0.2) is 0 Å². The number of ether oxygens (including phenoxy) is 2. The summed E-state index contributed by atoms with van der Waals surface area (Å²) in [6.07, 6.45) is 9.66. The van der Waals surface area contributed by atoms with Crippen LogP contribution in [-0.4, -0.2) is 109 Å². The molecule has 0 fully saturated rings. The first-order chi connectivity index (χ1) is 24.5. The standard InChI is InChI=1S/C36H63N3O12/c1-37-31(36(48)49)15-6-8-21-38-32(42)19-17-28(35(46)47)27-30(41)18-20-33(43)39-22-12-26-51-25-11-10-24-50-23-9-7-14-29(40)13-4-2-3-5-16-34(44)45/h28,31,37H,2-27H2,1H3,(H,38,42)(H,39,43)(H,44,45)(H,46,47)(H,48,49)/t28-,31+/m1/s1. The maximum Gasteiger partial charge on any atom is 0.320 e. The molecule has 294 valence electrons. The summed E-state index contributed by atoms with van der Waals surface area (Å²) in [7, 11) is 1.57. The van der Waals surface area contributed by atoms with Gasteiger partial charge in [0.2, 0.25) is 11.8 Å². The minimum atomic E-state index is -1.17. The molecule has 15 nitrogen and oxygen atoms in total. The second-order valence-electron chi connectivity index (χ2n) is 12.8. The molecule has 0 unspecified atom stereocenters. The maximum atomic E-state index is 12.3. The fraction of sp³-hybridized carbons (Fsp3) is 0.806. The Hall–Kier alpha value is -3.43. The molecule has 0 aliphatic heterocycles. The smallest absolute Gasteiger partial charge is 0.320 e. The largest absolute Gasteiger partial charge is 0.481 e. The molecule has 0 radical (unpaired) electrons. The minimum absolute atomic E-state index is 0.00125. The van der Waals surface area contributed by atoms with Crippen LogP contribution in [0.1, 0.15) is 128 Å². The van der Waals surface area contributed by atoms with E-state index in [2.05, 4.69) is 16.0 Å². The molecule has 15 heteroatoms. The molecular formula is C36H63N3O12. The van der Waals surface area contributed by atoms with Crippen molar-refractivity contribution < 1.29 is 58.4 Å². The van der Waals surface area contributed by atoms with Gasteiger partial charge >= 0.3 is 17.9 Å². The number of carboxylic acids is 3. The molecule has 0 heterocycles. The SMILES string of the molecule is CN[C@@H](CCCCNC(=O)CC[C@H](CC(=O)CCC(=O)NCCCOCCCCOCCCCC(=O)CCCCCCC(=O)O)C(=O)O)C(=O)O. The first kappa shape index (κ1) is 47.6. The van der Waals surface area contributed by atoms with E-state index in [9.17, 15) is 38.7 Å². The molecule has 2 amide bonds. The van der Waals surface area contributed by atoms with Crippen LogP contribution in [0.5, 0.6) is 0 Å². The van der Waals surface area contributed by atoms with Crippen molar-refractivity contribution in [1.29, 1.82) is 0 Å². The van der Waals surface area contributed by atoms with Gasteiger partial charge in [0.1, 0.15) is 17.6 Å². The van der Waals surface area contributed by atoms with Gasteiger partial charge in [0.25, 0.3) is 0 Å². The zero-order valence-corrected chi connectivity index (χ0v) is 30.6. The third kappa shape index (κ3) is 31.1. The van der Waals surface area contributed by atoms with Crippen LogP contribution >= 0.6 is 0 Å². The van der Waals surface area contributed by atoms with E-state index >= 15 is 0 Å². The molecule has 0 aromatic carbocycles. The third-order valence-corrected chi connectivity index (χ3v) is 8.27. The summed E-state index contributed by atoms with van der Waals surface area (Å²) < 4.78 is 11.2. The van der Waals surface area contributed by atoms with Crippen molar-refractivity contribution in [2.75, 3.05) is 46.6 Å². The number of hydrogen-bond acceptors (Lipinski definition) is 10. The summed E-state index contributed by atoms with van der Waals surface area (Å²) in [6.45, 7) is 3.04. The van der Waals surface area contributed by atoms with Crippen LogP contribution in [0, 0.1) is 5.92 Å². The number of carbonyl (C=O) groups is 7. The van der Waals surface area contributed by atoms with Gasteiger partial charge in [0.05, 0.1) is 5.92 Å². The highest BCUT2D eigenvalue weighted by Gasteiger charge is 2.22. The average Bonchev–Trinajstić information content (AvgIpc) is 3.08. The van der Waals surface area contributed by atoms with Gasteiger partial charge in [-0.3, -0.25) is 33.6 Å². The lowest BCUT2D eigenvalue weighted by atomic mass is 9.95. The van der Waals surface area contributed by atoms with Crippen molar-refractivity contribution in [2.24, 2.45) is 5.92 Å². The Balaban J connectivity index is 3.73. The molecule has 6 N–H and O–H groups in total. The van der Waals surface area contributed by atoms with Gasteiger partial charge in [-0.1, -0.05) is 12.8 Å². The molecule has 0 aliphatic rings. The van der Waals surface area contributed by atoms with E-state index < -0.39 is 29.9 Å². The first-order valence-electron chi connectivity index (χ1n) is 18.5. The van der Waals surface area contributed by atoms with Crippen molar-refractivity contribution in [3.05, 3.63) is 0 Å². The van der Waals surface area contributed by atoms with E-state index in [4.69, 9.17) is 19.7 Å². The molecule has 0 saturated heterocycles. The monoisotopic (exact) mass is 729 g/mol. The second-order valence-corrected chi connectivity index (χ2v) is 12.8. The molecule has 51 heavy (non-hydrogen) atoms. The van der Waals surface area contributed by atoms with Gasteiger partial charge in [-0.2, -0.15) is 0 Å². The van der Waals surface area contributed by atoms with Crippen molar-refractivity contribution >= 4 is 41.3 Å². The normalized spacial score (nSPS) is 12.2. The number of aliphatic carboxylic acids is 3.